The molecule has 132 valence electrons. The maximum absolute atomic E-state index is 12.0. The van der Waals surface area contributed by atoms with Crippen molar-refractivity contribution in [1.82, 2.24) is 9.78 Å². The fraction of sp³-hybridized carbons (Fsp3) is 0.412. The highest BCUT2D eigenvalue weighted by Crippen LogP contribution is 2.13. The zero-order valence-corrected chi connectivity index (χ0v) is 16.3. The summed E-state index contributed by atoms with van der Waals surface area (Å²) >= 11 is 3.38. The number of nitrogens with zero attached hydrogens (tertiary/aromatic N) is 2. The lowest BCUT2D eigenvalue weighted by molar-refractivity contribution is -0.117. The Morgan fingerprint density at radius 3 is 2.54 bits per heavy atom. The van der Waals surface area contributed by atoms with Crippen LogP contribution in [0, 0.1) is 5.92 Å². The number of amides is 1. The number of hydrogen-bond acceptors (Lipinski definition) is 3. The van der Waals surface area contributed by atoms with Crippen LogP contribution >= 0.6 is 28.3 Å². The van der Waals surface area contributed by atoms with Gasteiger partial charge in [-0.3, -0.25) is 9.48 Å². The van der Waals surface area contributed by atoms with Gasteiger partial charge in [-0.1, -0.05) is 26.0 Å². The molecule has 1 aromatic carbocycles. The summed E-state index contributed by atoms with van der Waals surface area (Å²) < 4.78 is 2.87. The van der Waals surface area contributed by atoms with Gasteiger partial charge in [0, 0.05) is 18.4 Å². The Balaban J connectivity index is 0.00000288. The van der Waals surface area contributed by atoms with Crippen LogP contribution in [0.1, 0.15) is 25.8 Å². The molecule has 0 saturated carbocycles. The van der Waals surface area contributed by atoms with Gasteiger partial charge in [0.25, 0.3) is 0 Å². The van der Waals surface area contributed by atoms with Crippen LogP contribution in [0.2, 0.25) is 0 Å². The molecule has 0 aliphatic heterocycles. The zero-order chi connectivity index (χ0) is 16.8. The first kappa shape index (κ1) is 20.7. The summed E-state index contributed by atoms with van der Waals surface area (Å²) in [5, 5.41) is 7.09. The molecule has 1 aromatic heterocycles. The number of aromatic nitrogens is 2. The first-order chi connectivity index (χ1) is 10.9. The van der Waals surface area contributed by atoms with E-state index in [-0.39, 0.29) is 18.3 Å². The highest BCUT2D eigenvalue weighted by atomic mass is 79.9. The average Bonchev–Trinajstić information content (AvgIpc) is 2.91. The molecule has 0 unspecified atom stereocenters. The number of nitrogens with one attached hydrogen (secondary N) is 1. The van der Waals surface area contributed by atoms with E-state index in [0.29, 0.717) is 12.3 Å². The fourth-order valence-corrected chi connectivity index (χ4v) is 2.64. The second-order valence-corrected chi connectivity index (χ2v) is 7.01. The maximum Gasteiger partial charge on any atom is 0.241 e. The monoisotopic (exact) mass is 414 g/mol. The second kappa shape index (κ2) is 9.81. The number of carbonyl (C=O) groups is 1. The smallest absolute Gasteiger partial charge is 0.241 e. The number of nitrogens with two attached hydrogens (primary N) is 1. The molecule has 0 saturated heterocycles. The molecule has 0 aliphatic rings. The van der Waals surface area contributed by atoms with Crippen molar-refractivity contribution >= 4 is 39.9 Å². The molecule has 2 aromatic rings. The Hall–Kier alpha value is -1.37. The van der Waals surface area contributed by atoms with Crippen molar-refractivity contribution in [3.8, 4) is 0 Å². The number of halogens is 2. The van der Waals surface area contributed by atoms with Gasteiger partial charge in [-0.2, -0.15) is 5.10 Å². The van der Waals surface area contributed by atoms with Gasteiger partial charge in [-0.15, -0.1) is 12.4 Å². The van der Waals surface area contributed by atoms with Gasteiger partial charge >= 0.3 is 0 Å². The van der Waals surface area contributed by atoms with E-state index in [2.05, 4.69) is 40.2 Å². The molecule has 3 N–H and O–H groups in total. The molecule has 1 amide bonds. The van der Waals surface area contributed by atoms with E-state index in [0.717, 1.165) is 23.1 Å². The summed E-state index contributed by atoms with van der Waals surface area (Å²) in [6.07, 6.45) is 5.29. The SMILES string of the molecule is CC(C)C[C@H](N)C(=O)Nc1ccc(CCn2cc(Br)cn2)cc1.Cl. The van der Waals surface area contributed by atoms with Crippen molar-refractivity contribution in [3.05, 3.63) is 46.7 Å². The maximum atomic E-state index is 12.0. The quantitative estimate of drug-likeness (QED) is 0.725. The van der Waals surface area contributed by atoms with E-state index in [9.17, 15) is 4.79 Å². The summed E-state index contributed by atoms with van der Waals surface area (Å²) in [6, 6.07) is 7.39. The lowest BCUT2D eigenvalue weighted by atomic mass is 10.0. The van der Waals surface area contributed by atoms with Crippen LogP contribution in [0.4, 0.5) is 5.69 Å². The van der Waals surface area contributed by atoms with Crippen molar-refractivity contribution in [1.29, 1.82) is 0 Å². The molecular formula is C17H24BrClN4O. The molecule has 5 nitrogen and oxygen atoms in total. The summed E-state index contributed by atoms with van der Waals surface area (Å²) in [5.74, 6) is 0.272. The molecule has 0 aliphatic carbocycles. The normalized spacial score (nSPS) is 11.9. The lowest BCUT2D eigenvalue weighted by Gasteiger charge is -2.14. The van der Waals surface area contributed by atoms with Gasteiger partial charge < -0.3 is 11.1 Å². The summed E-state index contributed by atoms with van der Waals surface area (Å²) in [7, 11) is 0. The van der Waals surface area contributed by atoms with Gasteiger partial charge in [0.1, 0.15) is 0 Å². The summed E-state index contributed by atoms with van der Waals surface area (Å²) in [5.41, 5.74) is 7.86. The zero-order valence-electron chi connectivity index (χ0n) is 13.9. The van der Waals surface area contributed by atoms with E-state index < -0.39 is 6.04 Å². The van der Waals surface area contributed by atoms with E-state index in [1.165, 1.54) is 5.56 Å². The number of benzene rings is 1. The van der Waals surface area contributed by atoms with Crippen LogP contribution < -0.4 is 11.1 Å². The Labute approximate surface area is 157 Å². The molecule has 24 heavy (non-hydrogen) atoms. The average molecular weight is 416 g/mol. The molecule has 0 radical (unpaired) electrons. The predicted molar refractivity (Wildman–Crippen MR) is 103 cm³/mol. The third kappa shape index (κ3) is 6.63. The molecule has 0 spiro atoms. The molecule has 0 bridgehead atoms. The highest BCUT2D eigenvalue weighted by molar-refractivity contribution is 9.10. The van der Waals surface area contributed by atoms with Gasteiger partial charge in [-0.25, -0.2) is 0 Å². The van der Waals surface area contributed by atoms with Gasteiger partial charge in [0.15, 0.2) is 0 Å². The van der Waals surface area contributed by atoms with Crippen molar-refractivity contribution in [2.45, 2.75) is 39.3 Å². The summed E-state index contributed by atoms with van der Waals surface area (Å²) in [4.78, 5) is 12.0. The largest absolute Gasteiger partial charge is 0.325 e. The Kier molecular flexibility index (Phi) is 8.45. The fourth-order valence-electron chi connectivity index (χ4n) is 2.31. The molecule has 2 rings (SSSR count). The highest BCUT2D eigenvalue weighted by Gasteiger charge is 2.14. The molecule has 0 fully saturated rings. The van der Waals surface area contributed by atoms with Crippen LogP contribution in [0.3, 0.4) is 0 Å². The first-order valence-corrected chi connectivity index (χ1v) is 8.56. The third-order valence-electron chi connectivity index (χ3n) is 3.51. The van der Waals surface area contributed by atoms with Crippen LogP contribution in [-0.2, 0) is 17.8 Å². The molecule has 1 heterocycles. The standard InChI is InChI=1S/C17H23BrN4O.ClH/c1-12(2)9-16(19)17(23)21-15-5-3-13(4-6-15)7-8-22-11-14(18)10-20-22;/h3-6,10-12,16H,7-9,19H2,1-2H3,(H,21,23);1H/t16-;/m0./s1. The van der Waals surface area contributed by atoms with Gasteiger partial charge in [0.05, 0.1) is 16.7 Å². The Morgan fingerprint density at radius 1 is 1.33 bits per heavy atom. The number of anilines is 1. The molecule has 7 heteroatoms. The first-order valence-electron chi connectivity index (χ1n) is 7.77. The Bertz CT molecular complexity index is 642. The van der Waals surface area contributed by atoms with E-state index >= 15 is 0 Å². The Morgan fingerprint density at radius 2 is 2.00 bits per heavy atom. The number of carbonyl (C=O) groups excluding carboxylic acids is 1. The van der Waals surface area contributed by atoms with Crippen molar-refractivity contribution < 1.29 is 4.79 Å². The van der Waals surface area contributed by atoms with E-state index in [4.69, 9.17) is 5.73 Å². The minimum Gasteiger partial charge on any atom is -0.325 e. The van der Waals surface area contributed by atoms with Gasteiger partial charge in [0.2, 0.25) is 5.91 Å². The van der Waals surface area contributed by atoms with Crippen LogP contribution in [0.15, 0.2) is 41.1 Å². The second-order valence-electron chi connectivity index (χ2n) is 6.09. The number of hydrogen-bond donors (Lipinski definition) is 2. The van der Waals surface area contributed by atoms with Crippen LogP contribution in [-0.4, -0.2) is 21.7 Å². The van der Waals surface area contributed by atoms with Crippen LogP contribution in [0.25, 0.3) is 0 Å². The third-order valence-corrected chi connectivity index (χ3v) is 3.92. The number of rotatable bonds is 7. The van der Waals surface area contributed by atoms with Crippen LogP contribution in [0.5, 0.6) is 0 Å². The van der Waals surface area contributed by atoms with Crippen molar-refractivity contribution in [2.24, 2.45) is 11.7 Å². The van der Waals surface area contributed by atoms with E-state index in [1.807, 2.05) is 35.1 Å². The lowest BCUT2D eigenvalue weighted by Crippen LogP contribution is -2.36. The summed E-state index contributed by atoms with van der Waals surface area (Å²) in [6.45, 7) is 4.93. The topological polar surface area (TPSA) is 72.9 Å². The predicted octanol–water partition coefficient (Wildman–Crippen LogP) is 3.62. The van der Waals surface area contributed by atoms with Crippen molar-refractivity contribution in [3.63, 3.8) is 0 Å². The minimum atomic E-state index is -0.465. The number of aryl methyl sites for hydroxylation is 2. The van der Waals surface area contributed by atoms with Gasteiger partial charge in [-0.05, 0) is 52.4 Å². The molecular weight excluding hydrogens is 392 g/mol. The minimum absolute atomic E-state index is 0. The van der Waals surface area contributed by atoms with E-state index in [1.54, 1.807) is 6.20 Å². The van der Waals surface area contributed by atoms with Crippen molar-refractivity contribution in [2.75, 3.05) is 5.32 Å². The molecule has 1 atom stereocenters.